The minimum Gasteiger partial charge on any atom is -0.468 e. The molecule has 1 atom stereocenters. The lowest BCUT2D eigenvalue weighted by Crippen LogP contribution is -2.18. The third-order valence-electron chi connectivity index (χ3n) is 1.87. The van der Waals surface area contributed by atoms with Crippen molar-refractivity contribution in [3.8, 4) is 0 Å². The second-order valence-corrected chi connectivity index (χ2v) is 5.81. The van der Waals surface area contributed by atoms with Gasteiger partial charge in [0.15, 0.2) is 0 Å². The van der Waals surface area contributed by atoms with Gasteiger partial charge in [-0.3, -0.25) is 4.79 Å². The van der Waals surface area contributed by atoms with Gasteiger partial charge >= 0.3 is 5.97 Å². The van der Waals surface area contributed by atoms with Crippen molar-refractivity contribution >= 4 is 53.8 Å². The van der Waals surface area contributed by atoms with Crippen molar-refractivity contribution in [3.05, 3.63) is 32.7 Å². The van der Waals surface area contributed by atoms with Crippen LogP contribution in [0.3, 0.4) is 0 Å². The number of esters is 1. The molecule has 5 heteroatoms. The second-order valence-electron chi connectivity index (χ2n) is 2.93. The molecule has 0 radical (unpaired) electrons. The van der Waals surface area contributed by atoms with Crippen LogP contribution in [0.15, 0.2) is 27.1 Å². The molecule has 0 aliphatic heterocycles. The Labute approximate surface area is 114 Å². The average Bonchev–Trinajstić information content (AvgIpc) is 2.20. The lowest BCUT2D eigenvalue weighted by Gasteiger charge is -2.09. The summed E-state index contributed by atoms with van der Waals surface area (Å²) >= 11 is 10.1. The third kappa shape index (κ3) is 3.89. The van der Waals surface area contributed by atoms with E-state index in [0.717, 1.165) is 14.5 Å². The van der Waals surface area contributed by atoms with Gasteiger partial charge in [-0.25, -0.2) is 0 Å². The molecule has 0 amide bonds. The molecule has 0 saturated heterocycles. The number of ether oxygens (including phenoxy) is 1. The van der Waals surface area contributed by atoms with Gasteiger partial charge in [0.05, 0.1) is 7.11 Å². The van der Waals surface area contributed by atoms with Crippen LogP contribution in [0.5, 0.6) is 0 Å². The number of methoxy groups -OCH3 is 1. The fourth-order valence-electron chi connectivity index (χ4n) is 1.09. The lowest BCUT2D eigenvalue weighted by molar-refractivity contribution is -0.139. The molecule has 2 nitrogen and oxygen atoms in total. The molecule has 82 valence electrons. The average molecular weight is 401 g/mol. The van der Waals surface area contributed by atoms with Crippen LogP contribution in [-0.4, -0.2) is 17.9 Å². The number of halogens is 3. The van der Waals surface area contributed by atoms with Gasteiger partial charge in [-0.1, -0.05) is 53.9 Å². The van der Waals surface area contributed by atoms with Crippen LogP contribution < -0.4 is 0 Å². The first kappa shape index (κ1) is 13.2. The highest BCUT2D eigenvalue weighted by molar-refractivity contribution is 9.11. The van der Waals surface area contributed by atoms with Gasteiger partial charge < -0.3 is 4.74 Å². The maximum atomic E-state index is 11.2. The van der Waals surface area contributed by atoms with Crippen LogP contribution >= 0.6 is 47.8 Å². The van der Waals surface area contributed by atoms with E-state index in [1.54, 1.807) is 0 Å². The number of benzene rings is 1. The Morgan fingerprint density at radius 3 is 2.67 bits per heavy atom. The summed E-state index contributed by atoms with van der Waals surface area (Å²) < 4.78 is 6.62. The van der Waals surface area contributed by atoms with Crippen LogP contribution in [0.4, 0.5) is 0 Å². The Balaban J connectivity index is 2.76. The third-order valence-corrected chi connectivity index (χ3v) is 3.80. The summed E-state index contributed by atoms with van der Waals surface area (Å²) in [5.41, 5.74) is 1.06. The topological polar surface area (TPSA) is 26.3 Å². The zero-order valence-corrected chi connectivity index (χ0v) is 12.7. The Kier molecular flexibility index (Phi) is 5.29. The molecule has 0 N–H and O–H groups in total. The van der Waals surface area contributed by atoms with E-state index in [4.69, 9.17) is 0 Å². The van der Waals surface area contributed by atoms with Gasteiger partial charge in [0, 0.05) is 8.95 Å². The molecule has 0 fully saturated rings. The highest BCUT2D eigenvalue weighted by Gasteiger charge is 2.16. The Bertz CT molecular complexity index is 366. The van der Waals surface area contributed by atoms with E-state index in [2.05, 4.69) is 52.5 Å². The van der Waals surface area contributed by atoms with Crippen LogP contribution in [-0.2, 0) is 16.0 Å². The van der Waals surface area contributed by atoms with E-state index in [1.807, 2.05) is 18.2 Å². The molecular weight excluding hydrogens is 392 g/mol. The SMILES string of the molecule is COC(=O)C(Br)Cc1ccc(Br)cc1Br. The quantitative estimate of drug-likeness (QED) is 0.571. The summed E-state index contributed by atoms with van der Waals surface area (Å²) in [7, 11) is 1.38. The predicted octanol–water partition coefficient (Wildman–Crippen LogP) is 3.69. The summed E-state index contributed by atoms with van der Waals surface area (Å²) in [6, 6.07) is 5.86. The molecule has 15 heavy (non-hydrogen) atoms. The highest BCUT2D eigenvalue weighted by atomic mass is 79.9. The van der Waals surface area contributed by atoms with Gasteiger partial charge in [0.1, 0.15) is 4.83 Å². The van der Waals surface area contributed by atoms with E-state index in [1.165, 1.54) is 7.11 Å². The van der Waals surface area contributed by atoms with Crippen LogP contribution in [0, 0.1) is 0 Å². The first-order valence-electron chi connectivity index (χ1n) is 4.20. The van der Waals surface area contributed by atoms with E-state index in [0.29, 0.717) is 6.42 Å². The Morgan fingerprint density at radius 1 is 1.47 bits per heavy atom. The number of carbonyl (C=O) groups excluding carboxylic acids is 1. The molecule has 1 aromatic carbocycles. The zero-order valence-electron chi connectivity index (χ0n) is 7.97. The number of hydrogen-bond donors (Lipinski definition) is 0. The molecular formula is C10H9Br3O2. The highest BCUT2D eigenvalue weighted by Crippen LogP contribution is 2.24. The molecule has 0 aromatic heterocycles. The van der Waals surface area contributed by atoms with E-state index < -0.39 is 0 Å². The lowest BCUT2D eigenvalue weighted by atomic mass is 10.1. The molecule has 1 rings (SSSR count). The Morgan fingerprint density at radius 2 is 2.13 bits per heavy atom. The maximum absolute atomic E-state index is 11.2. The van der Waals surface area contributed by atoms with Crippen molar-refractivity contribution in [3.63, 3.8) is 0 Å². The van der Waals surface area contributed by atoms with Crippen molar-refractivity contribution in [2.75, 3.05) is 7.11 Å². The number of carbonyl (C=O) groups is 1. The first-order chi connectivity index (χ1) is 7.04. The molecule has 0 spiro atoms. The van der Waals surface area contributed by atoms with Crippen LogP contribution in [0.2, 0.25) is 0 Å². The van der Waals surface area contributed by atoms with Gasteiger partial charge in [0.25, 0.3) is 0 Å². The monoisotopic (exact) mass is 398 g/mol. The normalized spacial score (nSPS) is 12.3. The Hall–Kier alpha value is 0.130. The van der Waals surface area contributed by atoms with Gasteiger partial charge in [0.2, 0.25) is 0 Å². The molecule has 0 aliphatic carbocycles. The fraction of sp³-hybridized carbons (Fsp3) is 0.300. The molecule has 0 saturated carbocycles. The van der Waals surface area contributed by atoms with Gasteiger partial charge in [-0.05, 0) is 24.1 Å². The second kappa shape index (κ2) is 6.01. The van der Waals surface area contributed by atoms with Crippen molar-refractivity contribution < 1.29 is 9.53 Å². The number of alkyl halides is 1. The zero-order chi connectivity index (χ0) is 11.4. The smallest absolute Gasteiger partial charge is 0.319 e. The summed E-state index contributed by atoms with van der Waals surface area (Å²) in [5.74, 6) is -0.259. The maximum Gasteiger partial charge on any atom is 0.319 e. The first-order valence-corrected chi connectivity index (χ1v) is 6.70. The minimum atomic E-state index is -0.306. The molecule has 0 aliphatic rings. The number of rotatable bonds is 3. The molecule has 0 bridgehead atoms. The van der Waals surface area contributed by atoms with E-state index in [9.17, 15) is 4.79 Å². The van der Waals surface area contributed by atoms with Gasteiger partial charge in [-0.15, -0.1) is 0 Å². The summed E-state index contributed by atoms with van der Waals surface area (Å²) in [4.78, 5) is 10.9. The van der Waals surface area contributed by atoms with Crippen molar-refractivity contribution in [1.82, 2.24) is 0 Å². The molecule has 1 unspecified atom stereocenters. The van der Waals surface area contributed by atoms with Crippen LogP contribution in [0.1, 0.15) is 5.56 Å². The van der Waals surface area contributed by atoms with Gasteiger partial charge in [-0.2, -0.15) is 0 Å². The summed E-state index contributed by atoms with van der Waals surface area (Å²) in [5, 5.41) is 0. The fourth-order valence-corrected chi connectivity index (χ4v) is 2.84. The van der Waals surface area contributed by atoms with Crippen molar-refractivity contribution in [1.29, 1.82) is 0 Å². The predicted molar refractivity (Wildman–Crippen MR) is 70.3 cm³/mol. The van der Waals surface area contributed by atoms with Crippen LogP contribution in [0.25, 0.3) is 0 Å². The van der Waals surface area contributed by atoms with E-state index >= 15 is 0 Å². The van der Waals surface area contributed by atoms with Crippen molar-refractivity contribution in [2.24, 2.45) is 0 Å². The molecule has 0 heterocycles. The standard InChI is InChI=1S/C10H9Br3O2/c1-15-10(14)9(13)4-6-2-3-7(11)5-8(6)12/h2-3,5,9H,4H2,1H3. The summed E-state index contributed by atoms with van der Waals surface area (Å²) in [6.45, 7) is 0. The molecule has 1 aromatic rings. The van der Waals surface area contributed by atoms with E-state index in [-0.39, 0.29) is 10.8 Å². The van der Waals surface area contributed by atoms with Crippen molar-refractivity contribution in [2.45, 2.75) is 11.2 Å². The number of hydrogen-bond acceptors (Lipinski definition) is 2. The minimum absolute atomic E-state index is 0.259. The largest absolute Gasteiger partial charge is 0.468 e. The summed E-state index contributed by atoms with van der Waals surface area (Å²) in [6.07, 6.45) is 0.598.